The SMILES string of the molecule is C=C(/C=C\C=C/C)c1[nH]ncc1-c1ccnc(C)c1.CCCN(C)CCC. The minimum absolute atomic E-state index is 0.903. The second-order valence-electron chi connectivity index (χ2n) is 6.56. The van der Waals surface area contributed by atoms with Gasteiger partial charge in [-0.2, -0.15) is 5.10 Å². The van der Waals surface area contributed by atoms with Gasteiger partial charge < -0.3 is 4.90 Å². The molecule has 2 aromatic rings. The summed E-state index contributed by atoms with van der Waals surface area (Å²) in [7, 11) is 2.17. The molecule has 0 spiro atoms. The highest BCUT2D eigenvalue weighted by molar-refractivity contribution is 5.82. The summed E-state index contributed by atoms with van der Waals surface area (Å²) in [6.45, 7) is 14.9. The van der Waals surface area contributed by atoms with Crippen molar-refractivity contribution < 1.29 is 0 Å². The van der Waals surface area contributed by atoms with Crippen LogP contribution < -0.4 is 0 Å². The summed E-state index contributed by atoms with van der Waals surface area (Å²) >= 11 is 0. The number of nitrogens with zero attached hydrogens (tertiary/aromatic N) is 3. The maximum atomic E-state index is 4.21. The third-order valence-electron chi connectivity index (χ3n) is 3.98. The summed E-state index contributed by atoms with van der Waals surface area (Å²) < 4.78 is 0. The van der Waals surface area contributed by atoms with Crippen LogP contribution in [0.5, 0.6) is 0 Å². The molecule has 0 aliphatic rings. The molecule has 2 aromatic heterocycles. The van der Waals surface area contributed by atoms with Gasteiger partial charge in [0.1, 0.15) is 0 Å². The normalized spacial score (nSPS) is 11.2. The van der Waals surface area contributed by atoms with Gasteiger partial charge in [0.15, 0.2) is 0 Å². The predicted octanol–water partition coefficient (Wildman–Crippen LogP) is 5.66. The average molecular weight is 367 g/mol. The molecular formula is C23H34N4. The number of hydrogen-bond acceptors (Lipinski definition) is 3. The van der Waals surface area contributed by atoms with Crippen LogP contribution in [0.15, 0.2) is 55.4 Å². The van der Waals surface area contributed by atoms with E-state index in [-0.39, 0.29) is 0 Å². The molecule has 2 heterocycles. The molecule has 27 heavy (non-hydrogen) atoms. The van der Waals surface area contributed by atoms with Crippen LogP contribution in [0.1, 0.15) is 45.0 Å². The minimum atomic E-state index is 0.903. The Balaban J connectivity index is 0.000000387. The molecule has 4 nitrogen and oxygen atoms in total. The predicted molar refractivity (Wildman–Crippen MR) is 118 cm³/mol. The monoisotopic (exact) mass is 366 g/mol. The second kappa shape index (κ2) is 12.8. The van der Waals surface area contributed by atoms with Gasteiger partial charge in [-0.3, -0.25) is 10.1 Å². The molecule has 0 bridgehead atoms. The van der Waals surface area contributed by atoms with E-state index in [1.807, 2.05) is 56.5 Å². The van der Waals surface area contributed by atoms with Crippen LogP contribution in [0.2, 0.25) is 0 Å². The Kier molecular flexibility index (Phi) is 10.7. The lowest BCUT2D eigenvalue weighted by molar-refractivity contribution is 0.335. The third-order valence-corrected chi connectivity index (χ3v) is 3.98. The summed E-state index contributed by atoms with van der Waals surface area (Å²) in [6.07, 6.45) is 14.0. The Hall–Kier alpha value is -2.46. The molecular weight excluding hydrogens is 332 g/mol. The van der Waals surface area contributed by atoms with E-state index in [1.165, 1.54) is 25.9 Å². The Morgan fingerprint density at radius 2 is 1.93 bits per heavy atom. The average Bonchev–Trinajstić information content (AvgIpc) is 3.13. The molecule has 0 aromatic carbocycles. The lowest BCUT2D eigenvalue weighted by Crippen LogP contribution is -2.19. The number of allylic oxidation sites excluding steroid dienone is 5. The topological polar surface area (TPSA) is 44.8 Å². The van der Waals surface area contributed by atoms with E-state index in [0.29, 0.717) is 0 Å². The molecule has 0 aliphatic heterocycles. The van der Waals surface area contributed by atoms with E-state index >= 15 is 0 Å². The molecule has 0 radical (unpaired) electrons. The van der Waals surface area contributed by atoms with Gasteiger partial charge in [0, 0.05) is 17.5 Å². The van der Waals surface area contributed by atoms with E-state index in [2.05, 4.69) is 47.6 Å². The van der Waals surface area contributed by atoms with Crippen LogP contribution in [0.25, 0.3) is 16.7 Å². The molecule has 1 N–H and O–H groups in total. The lowest BCUT2D eigenvalue weighted by atomic mass is 10.0. The van der Waals surface area contributed by atoms with Crippen molar-refractivity contribution in [2.75, 3.05) is 20.1 Å². The maximum Gasteiger partial charge on any atom is 0.0722 e. The summed E-state index contributed by atoms with van der Waals surface area (Å²) in [5.74, 6) is 0. The van der Waals surface area contributed by atoms with Gasteiger partial charge >= 0.3 is 0 Å². The summed E-state index contributed by atoms with van der Waals surface area (Å²) in [5, 5.41) is 7.12. The Bertz CT molecular complexity index is 734. The van der Waals surface area contributed by atoms with Gasteiger partial charge in [-0.05, 0) is 70.1 Å². The van der Waals surface area contributed by atoms with Crippen molar-refractivity contribution in [2.24, 2.45) is 0 Å². The van der Waals surface area contributed by atoms with E-state index in [0.717, 1.165) is 28.1 Å². The molecule has 0 saturated carbocycles. The highest BCUT2D eigenvalue weighted by atomic mass is 15.1. The summed E-state index contributed by atoms with van der Waals surface area (Å²) in [6, 6.07) is 4.02. The van der Waals surface area contributed by atoms with Gasteiger partial charge in [-0.1, -0.05) is 44.7 Å². The van der Waals surface area contributed by atoms with Crippen molar-refractivity contribution in [1.82, 2.24) is 20.1 Å². The molecule has 0 saturated heterocycles. The van der Waals surface area contributed by atoms with Crippen molar-refractivity contribution in [3.05, 3.63) is 66.8 Å². The number of pyridine rings is 1. The van der Waals surface area contributed by atoms with Gasteiger partial charge in [-0.25, -0.2) is 0 Å². The molecule has 146 valence electrons. The number of aryl methyl sites for hydroxylation is 1. The zero-order chi connectivity index (χ0) is 20.1. The first kappa shape index (κ1) is 22.6. The van der Waals surface area contributed by atoms with Gasteiger partial charge in [0.05, 0.1) is 11.9 Å². The van der Waals surface area contributed by atoms with Crippen LogP contribution in [0.3, 0.4) is 0 Å². The number of nitrogens with one attached hydrogen (secondary N) is 1. The van der Waals surface area contributed by atoms with Crippen LogP contribution in [-0.2, 0) is 0 Å². The number of H-pyrrole nitrogens is 1. The number of hydrogen-bond donors (Lipinski definition) is 1. The second-order valence-corrected chi connectivity index (χ2v) is 6.56. The number of aromatic nitrogens is 3. The first-order valence-electron chi connectivity index (χ1n) is 9.67. The third kappa shape index (κ3) is 8.18. The molecule has 0 aliphatic carbocycles. The highest BCUT2D eigenvalue weighted by Gasteiger charge is 2.09. The standard InChI is InChI=1S/C16H17N3.C7H17N/c1-4-5-6-7-12(2)16-15(11-18-19-16)14-8-9-17-13(3)10-14;1-4-6-8(3)7-5-2/h4-11H,2H2,1,3H3,(H,18,19);4-7H2,1-3H3/b5-4-,7-6-;. The lowest BCUT2D eigenvalue weighted by Gasteiger charge is -2.12. The van der Waals surface area contributed by atoms with Crippen molar-refractivity contribution in [1.29, 1.82) is 0 Å². The van der Waals surface area contributed by atoms with Crippen molar-refractivity contribution in [2.45, 2.75) is 40.5 Å². The molecule has 4 heteroatoms. The Labute approximate surface area is 164 Å². The molecule has 0 unspecified atom stereocenters. The summed E-state index contributed by atoms with van der Waals surface area (Å²) in [4.78, 5) is 6.57. The highest BCUT2D eigenvalue weighted by Crippen LogP contribution is 2.26. The maximum absolute atomic E-state index is 4.21. The quantitative estimate of drug-likeness (QED) is 0.613. The fraction of sp³-hybridized carbons (Fsp3) is 0.391. The van der Waals surface area contributed by atoms with Crippen molar-refractivity contribution in [3.63, 3.8) is 0 Å². The molecule has 0 fully saturated rings. The van der Waals surface area contributed by atoms with E-state index < -0.39 is 0 Å². The van der Waals surface area contributed by atoms with Gasteiger partial charge in [0.2, 0.25) is 0 Å². The van der Waals surface area contributed by atoms with Crippen molar-refractivity contribution >= 4 is 5.57 Å². The number of aromatic amines is 1. The first-order chi connectivity index (χ1) is 13.0. The number of rotatable bonds is 8. The van der Waals surface area contributed by atoms with Crippen LogP contribution in [-0.4, -0.2) is 40.2 Å². The zero-order valence-corrected chi connectivity index (χ0v) is 17.5. The van der Waals surface area contributed by atoms with Gasteiger partial charge in [0.25, 0.3) is 0 Å². The van der Waals surface area contributed by atoms with Crippen LogP contribution in [0.4, 0.5) is 0 Å². The zero-order valence-electron chi connectivity index (χ0n) is 17.5. The van der Waals surface area contributed by atoms with Crippen LogP contribution in [0, 0.1) is 6.92 Å². The largest absolute Gasteiger partial charge is 0.306 e. The van der Waals surface area contributed by atoms with E-state index in [4.69, 9.17) is 0 Å². The van der Waals surface area contributed by atoms with E-state index in [9.17, 15) is 0 Å². The fourth-order valence-electron chi connectivity index (χ4n) is 2.70. The Morgan fingerprint density at radius 1 is 1.22 bits per heavy atom. The summed E-state index contributed by atoms with van der Waals surface area (Å²) in [5.41, 5.74) is 4.96. The van der Waals surface area contributed by atoms with Crippen molar-refractivity contribution in [3.8, 4) is 11.1 Å². The van der Waals surface area contributed by atoms with Crippen LogP contribution >= 0.6 is 0 Å². The molecule has 0 amide bonds. The fourth-order valence-corrected chi connectivity index (χ4v) is 2.70. The Morgan fingerprint density at radius 3 is 2.52 bits per heavy atom. The van der Waals surface area contributed by atoms with Gasteiger partial charge in [-0.15, -0.1) is 0 Å². The molecule has 2 rings (SSSR count). The van der Waals surface area contributed by atoms with E-state index in [1.54, 1.807) is 6.20 Å². The molecule has 0 atom stereocenters. The smallest absolute Gasteiger partial charge is 0.0722 e. The first-order valence-corrected chi connectivity index (χ1v) is 9.67. The minimum Gasteiger partial charge on any atom is -0.306 e.